The number of carbonyl (C=O) groups is 3. The summed E-state index contributed by atoms with van der Waals surface area (Å²) < 4.78 is 5.16. The van der Waals surface area contributed by atoms with Crippen LogP contribution in [-0.2, 0) is 32.0 Å². The van der Waals surface area contributed by atoms with Crippen LogP contribution in [0.3, 0.4) is 0 Å². The Hall–Kier alpha value is -3.87. The summed E-state index contributed by atoms with van der Waals surface area (Å²) in [5, 5.41) is 12.7. The van der Waals surface area contributed by atoms with E-state index in [-0.39, 0.29) is 35.4 Å². The number of likely N-dealkylation sites (N-methyl/N-ethyl adjacent to an activating group) is 1. The summed E-state index contributed by atoms with van der Waals surface area (Å²) in [6.07, 6.45) is 8.83. The molecule has 2 amide bonds. The molecule has 0 aromatic heterocycles. The van der Waals surface area contributed by atoms with Crippen LogP contribution in [0.4, 0.5) is 5.69 Å². The highest BCUT2D eigenvalue weighted by Crippen LogP contribution is 2.32. The van der Waals surface area contributed by atoms with Crippen molar-refractivity contribution in [3.63, 3.8) is 0 Å². The van der Waals surface area contributed by atoms with Crippen LogP contribution in [0.5, 0.6) is 5.75 Å². The zero-order valence-electron chi connectivity index (χ0n) is 25.2. The number of phenols is 1. The minimum atomic E-state index is -0.690. The number of phenolic OH excluding ortho intramolecular Hbond substituents is 1. The molecule has 0 fully saturated rings. The van der Waals surface area contributed by atoms with Gasteiger partial charge in [0.05, 0.1) is 6.61 Å². The SMILES string of the molecule is C=CCc1ccc(NC(=O)C(C(C)Cc2ccc(O)cc2)N(CC)C(C)=O)cc1C(C/C=C\C)CCC(=O)OCC. The molecule has 0 saturated carbocycles. The van der Waals surface area contributed by atoms with Gasteiger partial charge >= 0.3 is 5.97 Å². The lowest BCUT2D eigenvalue weighted by molar-refractivity contribution is -0.143. The number of ether oxygens (including phenoxy) is 1. The molecule has 2 aromatic rings. The number of allylic oxidation sites excluding steroid dienone is 3. The fourth-order valence-electron chi connectivity index (χ4n) is 5.27. The summed E-state index contributed by atoms with van der Waals surface area (Å²) >= 11 is 0. The third kappa shape index (κ3) is 10.2. The molecular weight excluding hydrogens is 516 g/mol. The largest absolute Gasteiger partial charge is 0.508 e. The van der Waals surface area contributed by atoms with Gasteiger partial charge in [-0.3, -0.25) is 14.4 Å². The van der Waals surface area contributed by atoms with E-state index in [2.05, 4.69) is 18.0 Å². The van der Waals surface area contributed by atoms with Crippen LogP contribution in [0.25, 0.3) is 0 Å². The lowest BCUT2D eigenvalue weighted by Gasteiger charge is -2.33. The van der Waals surface area contributed by atoms with Crippen LogP contribution in [0, 0.1) is 5.92 Å². The van der Waals surface area contributed by atoms with E-state index in [0.29, 0.717) is 44.5 Å². The zero-order valence-corrected chi connectivity index (χ0v) is 25.2. The highest BCUT2D eigenvalue weighted by molar-refractivity contribution is 5.97. The average molecular weight is 563 g/mol. The van der Waals surface area contributed by atoms with Crippen LogP contribution in [0.2, 0.25) is 0 Å². The number of amides is 2. The van der Waals surface area contributed by atoms with Crippen molar-refractivity contribution >= 4 is 23.5 Å². The molecule has 0 aliphatic heterocycles. The van der Waals surface area contributed by atoms with Crippen LogP contribution >= 0.6 is 0 Å². The summed E-state index contributed by atoms with van der Waals surface area (Å²) in [5.74, 6) is -0.599. The quantitative estimate of drug-likeness (QED) is 0.178. The molecule has 0 aliphatic carbocycles. The minimum Gasteiger partial charge on any atom is -0.508 e. The number of hydrogen-bond donors (Lipinski definition) is 2. The molecule has 0 heterocycles. The Morgan fingerprint density at radius 1 is 1.12 bits per heavy atom. The van der Waals surface area contributed by atoms with Gasteiger partial charge in [-0.25, -0.2) is 0 Å². The number of nitrogens with one attached hydrogen (secondary N) is 1. The number of carbonyl (C=O) groups excluding carboxylic acids is 3. The van der Waals surface area contributed by atoms with Crippen LogP contribution < -0.4 is 5.32 Å². The van der Waals surface area contributed by atoms with Gasteiger partial charge in [-0.05, 0) is 99.2 Å². The molecule has 2 aromatic carbocycles. The van der Waals surface area contributed by atoms with E-state index in [1.54, 1.807) is 24.0 Å². The summed E-state index contributed by atoms with van der Waals surface area (Å²) in [4.78, 5) is 40.1. The first-order valence-corrected chi connectivity index (χ1v) is 14.5. The van der Waals surface area contributed by atoms with Crippen molar-refractivity contribution in [3.8, 4) is 5.75 Å². The smallest absolute Gasteiger partial charge is 0.305 e. The zero-order chi connectivity index (χ0) is 30.4. The third-order valence-corrected chi connectivity index (χ3v) is 7.26. The maximum atomic E-state index is 13.8. The lowest BCUT2D eigenvalue weighted by atomic mass is 9.86. The molecule has 0 spiro atoms. The Balaban J connectivity index is 2.40. The number of aromatic hydroxyl groups is 1. The Morgan fingerprint density at radius 3 is 2.41 bits per heavy atom. The maximum absolute atomic E-state index is 13.8. The van der Waals surface area contributed by atoms with E-state index in [9.17, 15) is 19.5 Å². The molecule has 0 radical (unpaired) electrons. The monoisotopic (exact) mass is 562 g/mol. The summed E-state index contributed by atoms with van der Waals surface area (Å²) in [6.45, 7) is 13.7. The minimum absolute atomic E-state index is 0.0518. The molecule has 3 unspecified atom stereocenters. The van der Waals surface area contributed by atoms with Crippen LogP contribution in [0.1, 0.15) is 76.5 Å². The van der Waals surface area contributed by atoms with Gasteiger partial charge in [0.25, 0.3) is 0 Å². The van der Waals surface area contributed by atoms with E-state index < -0.39 is 6.04 Å². The first kappa shape index (κ1) is 33.3. The molecule has 3 atom stereocenters. The predicted octanol–water partition coefficient (Wildman–Crippen LogP) is 6.57. The standard InChI is InChI=1S/C34H46N2O5/c1-7-11-13-28(17-21-32(39)41-10-4)31-23-29(18-16-27(31)12-8-2)35-34(40)33(36(9-3)25(6)37)24(5)22-26-14-19-30(38)20-15-26/h7-8,11,14-16,18-20,23-24,28,33,38H,2,9-10,12-13,17,21-22H2,1,3-6H3,(H,35,40)/b11-7-. The van der Waals surface area contributed by atoms with Gasteiger partial charge in [-0.2, -0.15) is 0 Å². The van der Waals surface area contributed by atoms with E-state index in [1.165, 1.54) is 6.92 Å². The molecule has 2 N–H and O–H groups in total. The number of benzene rings is 2. The van der Waals surface area contributed by atoms with Gasteiger partial charge in [0.1, 0.15) is 11.8 Å². The summed E-state index contributed by atoms with van der Waals surface area (Å²) in [5.41, 5.74) is 3.75. The second-order valence-corrected chi connectivity index (χ2v) is 10.3. The van der Waals surface area contributed by atoms with Gasteiger partial charge in [-0.15, -0.1) is 6.58 Å². The van der Waals surface area contributed by atoms with Crippen LogP contribution in [0.15, 0.2) is 67.3 Å². The molecule has 0 bridgehead atoms. The van der Waals surface area contributed by atoms with Gasteiger partial charge in [0.2, 0.25) is 11.8 Å². The molecule has 2 rings (SSSR count). The Bertz CT molecular complexity index is 1190. The van der Waals surface area contributed by atoms with Crippen molar-refractivity contribution in [2.24, 2.45) is 5.92 Å². The number of nitrogens with zero attached hydrogens (tertiary/aromatic N) is 1. The maximum Gasteiger partial charge on any atom is 0.305 e. The van der Waals surface area contributed by atoms with E-state index >= 15 is 0 Å². The lowest BCUT2D eigenvalue weighted by Crippen LogP contribution is -2.50. The van der Waals surface area contributed by atoms with Crippen molar-refractivity contribution in [2.75, 3.05) is 18.5 Å². The van der Waals surface area contributed by atoms with Crippen LogP contribution in [-0.4, -0.2) is 47.0 Å². The molecule has 7 nitrogen and oxygen atoms in total. The molecule has 7 heteroatoms. The number of anilines is 1. The molecule has 0 aliphatic rings. The van der Waals surface area contributed by atoms with Crippen molar-refractivity contribution in [3.05, 3.63) is 84.0 Å². The van der Waals surface area contributed by atoms with E-state index in [0.717, 1.165) is 23.1 Å². The summed E-state index contributed by atoms with van der Waals surface area (Å²) in [6, 6.07) is 12.1. The second-order valence-electron chi connectivity index (χ2n) is 10.3. The van der Waals surface area contributed by atoms with Crippen molar-refractivity contribution in [2.45, 2.75) is 78.7 Å². The first-order valence-electron chi connectivity index (χ1n) is 14.5. The second kappa shape index (κ2) is 17.1. The fourth-order valence-corrected chi connectivity index (χ4v) is 5.27. The van der Waals surface area contributed by atoms with Gasteiger partial charge < -0.3 is 20.1 Å². The predicted molar refractivity (Wildman–Crippen MR) is 165 cm³/mol. The topological polar surface area (TPSA) is 95.9 Å². The van der Waals surface area contributed by atoms with Crippen molar-refractivity contribution in [1.82, 2.24) is 4.90 Å². The third-order valence-electron chi connectivity index (χ3n) is 7.26. The first-order chi connectivity index (χ1) is 19.6. The van der Waals surface area contributed by atoms with Gasteiger partial charge in [0.15, 0.2) is 0 Å². The summed E-state index contributed by atoms with van der Waals surface area (Å²) in [7, 11) is 0. The van der Waals surface area contributed by atoms with E-state index in [1.807, 2.05) is 63.3 Å². The Morgan fingerprint density at radius 2 is 1.83 bits per heavy atom. The number of rotatable bonds is 16. The molecular formula is C34H46N2O5. The molecule has 0 saturated heterocycles. The molecule has 41 heavy (non-hydrogen) atoms. The van der Waals surface area contributed by atoms with Crippen molar-refractivity contribution < 1.29 is 24.2 Å². The highest BCUT2D eigenvalue weighted by atomic mass is 16.5. The number of esters is 1. The van der Waals surface area contributed by atoms with E-state index in [4.69, 9.17) is 4.74 Å². The highest BCUT2D eigenvalue weighted by Gasteiger charge is 2.32. The molecule has 222 valence electrons. The Kier molecular flexibility index (Phi) is 13.9. The average Bonchev–Trinajstić information content (AvgIpc) is 2.93. The number of hydrogen-bond acceptors (Lipinski definition) is 5. The normalized spacial score (nSPS) is 13.3. The fraction of sp³-hybridized carbons (Fsp3) is 0.441. The van der Waals surface area contributed by atoms with Crippen molar-refractivity contribution in [1.29, 1.82) is 0 Å². The Labute approximate surface area is 245 Å². The van der Waals surface area contributed by atoms with Gasteiger partial charge in [-0.1, -0.05) is 43.4 Å². The van der Waals surface area contributed by atoms with Gasteiger partial charge in [0, 0.05) is 25.6 Å².